The first-order valence-electron chi connectivity index (χ1n) is 8.11. The number of benzene rings is 1. The Hall–Kier alpha value is -3.26. The second-order valence-corrected chi connectivity index (χ2v) is 5.43. The Kier molecular flexibility index (Phi) is 5.00. The van der Waals surface area contributed by atoms with Crippen molar-refractivity contribution < 1.29 is 14.3 Å². The van der Waals surface area contributed by atoms with E-state index in [2.05, 4.69) is 0 Å². The highest BCUT2D eigenvalue weighted by Crippen LogP contribution is 2.30. The van der Waals surface area contributed by atoms with Crippen LogP contribution >= 0.6 is 0 Å². The maximum atomic E-state index is 12.6. The summed E-state index contributed by atoms with van der Waals surface area (Å²) >= 11 is 0. The molecule has 1 aromatic carbocycles. The van der Waals surface area contributed by atoms with Gasteiger partial charge in [0, 0.05) is 17.6 Å². The van der Waals surface area contributed by atoms with E-state index >= 15 is 0 Å². The first-order chi connectivity index (χ1) is 12.3. The lowest BCUT2D eigenvalue weighted by atomic mass is 10.1. The highest BCUT2D eigenvalue weighted by atomic mass is 16.5. The van der Waals surface area contributed by atoms with E-state index in [0.717, 1.165) is 22.8 Å². The van der Waals surface area contributed by atoms with Crippen LogP contribution in [0, 0.1) is 11.3 Å². The number of hydrogen-bond donors (Lipinski definition) is 0. The number of nitriles is 1. The van der Waals surface area contributed by atoms with Crippen molar-refractivity contribution in [3.8, 4) is 11.8 Å². The lowest BCUT2D eigenvalue weighted by Crippen LogP contribution is -2.05. The quantitative estimate of drug-likeness (QED) is 0.502. The number of carbonyl (C=O) groups is 1. The molecule has 0 saturated carbocycles. The maximum absolute atomic E-state index is 12.6. The number of esters is 1. The van der Waals surface area contributed by atoms with E-state index in [0.29, 0.717) is 11.3 Å². The Morgan fingerprint density at radius 2 is 2.12 bits per heavy atom. The van der Waals surface area contributed by atoms with Gasteiger partial charge in [-0.2, -0.15) is 5.26 Å². The molecule has 0 aliphatic rings. The molecule has 0 unspecified atom stereocenters. The summed E-state index contributed by atoms with van der Waals surface area (Å²) in [7, 11) is 0. The van der Waals surface area contributed by atoms with Crippen LogP contribution < -0.4 is 4.74 Å². The van der Waals surface area contributed by atoms with Gasteiger partial charge in [-0.15, -0.1) is 0 Å². The highest BCUT2D eigenvalue weighted by Gasteiger charge is 2.19. The third-order valence-corrected chi connectivity index (χ3v) is 3.83. The summed E-state index contributed by atoms with van der Waals surface area (Å²) in [5.41, 5.74) is 2.15. The van der Waals surface area contributed by atoms with Crippen molar-refractivity contribution in [2.45, 2.75) is 13.3 Å². The summed E-state index contributed by atoms with van der Waals surface area (Å²) in [5, 5.41) is 9.45. The minimum atomic E-state index is -0.356. The maximum Gasteiger partial charge on any atom is 0.341 e. The van der Waals surface area contributed by atoms with Gasteiger partial charge in [-0.3, -0.25) is 0 Å². The topological polar surface area (TPSA) is 63.7 Å². The van der Waals surface area contributed by atoms with Gasteiger partial charge in [0.2, 0.25) is 0 Å². The lowest BCUT2D eigenvalue weighted by molar-refractivity contribution is 0.0554. The fourth-order valence-electron chi connectivity index (χ4n) is 2.77. The first-order valence-corrected chi connectivity index (χ1v) is 8.11. The molecule has 126 valence electrons. The van der Waals surface area contributed by atoms with E-state index in [1.165, 1.54) is 0 Å². The van der Waals surface area contributed by atoms with Crippen molar-refractivity contribution >= 4 is 22.4 Å². The van der Waals surface area contributed by atoms with Gasteiger partial charge in [0.1, 0.15) is 18.4 Å². The number of nitrogens with zero attached hydrogens (tertiary/aromatic N) is 2. The van der Waals surface area contributed by atoms with E-state index in [-0.39, 0.29) is 19.2 Å². The van der Waals surface area contributed by atoms with Crippen LogP contribution in [0.25, 0.3) is 16.4 Å². The van der Waals surface area contributed by atoms with Crippen LogP contribution in [0.5, 0.6) is 5.75 Å². The molecule has 3 aromatic rings. The van der Waals surface area contributed by atoms with Crippen molar-refractivity contribution in [3.63, 3.8) is 0 Å². The zero-order valence-corrected chi connectivity index (χ0v) is 13.9. The highest BCUT2D eigenvalue weighted by molar-refractivity contribution is 6.11. The molecule has 0 spiro atoms. The molecule has 0 saturated heterocycles. The summed E-state index contributed by atoms with van der Waals surface area (Å²) < 4.78 is 12.7. The molecule has 0 radical (unpaired) electrons. The molecule has 5 heteroatoms. The third-order valence-electron chi connectivity index (χ3n) is 3.83. The fourth-order valence-corrected chi connectivity index (χ4v) is 2.77. The van der Waals surface area contributed by atoms with Crippen molar-refractivity contribution in [3.05, 3.63) is 60.3 Å². The number of pyridine rings is 1. The van der Waals surface area contributed by atoms with Crippen molar-refractivity contribution in [1.29, 1.82) is 5.26 Å². The van der Waals surface area contributed by atoms with Crippen LogP contribution in [0.3, 0.4) is 0 Å². The number of carbonyl (C=O) groups excluding carboxylic acids is 1. The number of allylic oxidation sites excluding steroid dienone is 1. The molecule has 25 heavy (non-hydrogen) atoms. The SMILES string of the molecule is CCC=CCOC(=O)c1c2ccc(OCC#N)cc2n2ccccc12. The summed E-state index contributed by atoms with van der Waals surface area (Å²) in [5.74, 6) is 0.230. The molecular weight excluding hydrogens is 316 g/mol. The van der Waals surface area contributed by atoms with Crippen molar-refractivity contribution in [2.75, 3.05) is 13.2 Å². The van der Waals surface area contributed by atoms with Gasteiger partial charge in [0.05, 0.1) is 16.6 Å². The Morgan fingerprint density at radius 3 is 2.92 bits per heavy atom. The van der Waals surface area contributed by atoms with Gasteiger partial charge < -0.3 is 13.9 Å². The van der Waals surface area contributed by atoms with E-state index in [9.17, 15) is 4.79 Å². The van der Waals surface area contributed by atoms with Crippen LogP contribution in [-0.2, 0) is 4.74 Å². The van der Waals surface area contributed by atoms with Gasteiger partial charge in [0.25, 0.3) is 0 Å². The number of hydrogen-bond acceptors (Lipinski definition) is 4. The average Bonchev–Trinajstić information content (AvgIpc) is 2.97. The van der Waals surface area contributed by atoms with Crippen molar-refractivity contribution in [1.82, 2.24) is 4.40 Å². The van der Waals surface area contributed by atoms with Gasteiger partial charge in [-0.25, -0.2) is 4.79 Å². The molecule has 0 atom stereocenters. The molecule has 5 nitrogen and oxygen atoms in total. The van der Waals surface area contributed by atoms with Gasteiger partial charge >= 0.3 is 5.97 Å². The standard InChI is InChI=1S/C20H18N2O3/c1-2-3-6-12-25-20(23)19-16-9-8-15(24-13-10-21)14-18(16)22-11-5-4-7-17(19)22/h3-9,11,14H,2,12-13H2,1H3. The Bertz CT molecular complexity index is 980. The Balaban J connectivity index is 2.05. The van der Waals surface area contributed by atoms with Crippen LogP contribution in [0.15, 0.2) is 54.7 Å². The van der Waals surface area contributed by atoms with Crippen molar-refractivity contribution in [2.24, 2.45) is 0 Å². The minimum absolute atomic E-state index is 0.0204. The second-order valence-electron chi connectivity index (χ2n) is 5.43. The lowest BCUT2D eigenvalue weighted by Gasteiger charge is -2.03. The summed E-state index contributed by atoms with van der Waals surface area (Å²) in [6.07, 6.45) is 6.59. The van der Waals surface area contributed by atoms with Gasteiger partial charge in [-0.05, 0) is 30.7 Å². The monoisotopic (exact) mass is 334 g/mol. The summed E-state index contributed by atoms with van der Waals surface area (Å²) in [4.78, 5) is 12.6. The third kappa shape index (κ3) is 3.33. The van der Waals surface area contributed by atoms with E-state index in [1.54, 1.807) is 6.07 Å². The van der Waals surface area contributed by atoms with Crippen LogP contribution in [0.4, 0.5) is 0 Å². The molecule has 0 amide bonds. The molecule has 2 aromatic heterocycles. The zero-order chi connectivity index (χ0) is 17.6. The summed E-state index contributed by atoms with van der Waals surface area (Å²) in [6.45, 7) is 2.26. The molecule has 0 bridgehead atoms. The number of aromatic nitrogens is 1. The summed E-state index contributed by atoms with van der Waals surface area (Å²) in [6, 6.07) is 13.0. The molecule has 2 heterocycles. The minimum Gasteiger partial charge on any atom is -0.479 e. The normalized spacial score (nSPS) is 11.0. The predicted octanol–water partition coefficient (Wildman–Crippen LogP) is 4.12. The van der Waals surface area contributed by atoms with E-state index < -0.39 is 0 Å². The largest absolute Gasteiger partial charge is 0.479 e. The molecule has 0 N–H and O–H groups in total. The van der Waals surface area contributed by atoms with Crippen LogP contribution in [0.2, 0.25) is 0 Å². The van der Waals surface area contributed by atoms with E-state index in [4.69, 9.17) is 14.7 Å². The predicted molar refractivity (Wildman–Crippen MR) is 95.7 cm³/mol. The average molecular weight is 334 g/mol. The Labute approximate surface area is 145 Å². The molecular formula is C20H18N2O3. The Morgan fingerprint density at radius 1 is 1.24 bits per heavy atom. The molecule has 0 aliphatic carbocycles. The fraction of sp³-hybridized carbons (Fsp3) is 0.200. The van der Waals surface area contributed by atoms with E-state index in [1.807, 2.05) is 66.1 Å². The second kappa shape index (κ2) is 7.54. The smallest absolute Gasteiger partial charge is 0.341 e. The number of ether oxygens (including phenoxy) is 2. The molecule has 0 fully saturated rings. The van der Waals surface area contributed by atoms with Gasteiger partial charge in [0.15, 0.2) is 6.61 Å². The molecule has 0 aliphatic heterocycles. The molecule has 3 rings (SSSR count). The van der Waals surface area contributed by atoms with Crippen LogP contribution in [-0.4, -0.2) is 23.6 Å². The number of fused-ring (bicyclic) bond motifs is 3. The van der Waals surface area contributed by atoms with Gasteiger partial charge in [-0.1, -0.05) is 25.1 Å². The van der Waals surface area contributed by atoms with Crippen LogP contribution in [0.1, 0.15) is 23.7 Å². The zero-order valence-electron chi connectivity index (χ0n) is 13.9. The first kappa shape index (κ1) is 16.6. The number of rotatable bonds is 6.